The fourth-order valence-electron chi connectivity index (χ4n) is 0.568. The van der Waals surface area contributed by atoms with E-state index in [0.717, 1.165) is 0 Å². The summed E-state index contributed by atoms with van der Waals surface area (Å²) in [5.41, 5.74) is 5.21. The Morgan fingerprint density at radius 2 is 2.30 bits per heavy atom. The Balaban J connectivity index is 0.000000810. The van der Waals surface area contributed by atoms with Crippen LogP contribution in [0, 0.1) is 0 Å². The van der Waals surface area contributed by atoms with Crippen molar-refractivity contribution in [3.63, 3.8) is 0 Å². The van der Waals surface area contributed by atoms with Crippen molar-refractivity contribution in [1.29, 1.82) is 0 Å². The molecule has 0 spiro atoms. The third kappa shape index (κ3) is 1.86. The lowest BCUT2D eigenvalue weighted by Gasteiger charge is -1.83. The maximum Gasteiger partial charge on any atom is 0.185 e. The molecule has 0 aliphatic heterocycles. The van der Waals surface area contributed by atoms with Gasteiger partial charge in [0, 0.05) is 0 Å². The first-order valence-corrected chi connectivity index (χ1v) is 2.61. The number of halogens is 1. The number of nitrogens with two attached hydrogens (primary N) is 1. The van der Waals surface area contributed by atoms with Gasteiger partial charge >= 0.3 is 0 Å². The summed E-state index contributed by atoms with van der Waals surface area (Å²) in [6.07, 6.45) is 0.652. The molecule has 2 N–H and O–H groups in total. The van der Waals surface area contributed by atoms with E-state index >= 15 is 0 Å². The molecule has 0 radical (unpaired) electrons. The zero-order chi connectivity index (χ0) is 6.69. The van der Waals surface area contributed by atoms with Crippen LogP contribution in [0.3, 0.4) is 0 Å². The number of carbonyl (C=O) groups is 1. The first-order chi connectivity index (χ1) is 4.36. The predicted octanol–water partition coefficient (Wildman–Crippen LogP) is 0.973. The van der Waals surface area contributed by atoms with Gasteiger partial charge in [-0.3, -0.25) is 4.79 Å². The highest BCUT2D eigenvalue weighted by molar-refractivity contribution is 5.85. The van der Waals surface area contributed by atoms with E-state index in [9.17, 15) is 4.79 Å². The van der Waals surface area contributed by atoms with Gasteiger partial charge in [0.1, 0.15) is 5.76 Å². The number of hydrogen-bond acceptors (Lipinski definition) is 3. The van der Waals surface area contributed by atoms with Gasteiger partial charge in [0.2, 0.25) is 0 Å². The van der Waals surface area contributed by atoms with Gasteiger partial charge in [-0.1, -0.05) is 0 Å². The number of rotatable bonds is 2. The highest BCUT2D eigenvalue weighted by Crippen LogP contribution is 2.03. The normalized spacial score (nSPS) is 8.50. The highest BCUT2D eigenvalue weighted by Gasteiger charge is 1.95. The topological polar surface area (TPSA) is 56.2 Å². The van der Waals surface area contributed by atoms with Gasteiger partial charge in [0.05, 0.1) is 6.54 Å². The van der Waals surface area contributed by atoms with E-state index in [1.54, 1.807) is 12.1 Å². The summed E-state index contributed by atoms with van der Waals surface area (Å²) in [4.78, 5) is 10.0. The van der Waals surface area contributed by atoms with Crippen LogP contribution in [-0.4, -0.2) is 6.29 Å². The maximum absolute atomic E-state index is 10.0. The number of furan rings is 1. The van der Waals surface area contributed by atoms with Crippen molar-refractivity contribution in [2.24, 2.45) is 5.73 Å². The van der Waals surface area contributed by atoms with Gasteiger partial charge in [-0.05, 0) is 12.1 Å². The van der Waals surface area contributed by atoms with Crippen LogP contribution in [0.4, 0.5) is 0 Å². The quantitative estimate of drug-likeness (QED) is 0.658. The van der Waals surface area contributed by atoms with Gasteiger partial charge in [-0.15, -0.1) is 12.4 Å². The molecule has 10 heavy (non-hydrogen) atoms. The molecule has 0 unspecified atom stereocenters. The molecule has 56 valence electrons. The number of hydrogen-bond donors (Lipinski definition) is 1. The number of carbonyl (C=O) groups excluding carboxylic acids is 1. The molecule has 0 fully saturated rings. The standard InChI is InChI=1S/C6H7NO2.ClH/c7-3-5-1-2-6(4-8)9-5;/h1-2,4H,3,7H2;1H. The van der Waals surface area contributed by atoms with Gasteiger partial charge < -0.3 is 10.2 Å². The molecular weight excluding hydrogens is 154 g/mol. The van der Waals surface area contributed by atoms with Crippen molar-refractivity contribution in [2.75, 3.05) is 0 Å². The van der Waals surface area contributed by atoms with E-state index in [2.05, 4.69) is 0 Å². The van der Waals surface area contributed by atoms with E-state index in [1.165, 1.54) is 0 Å². The maximum atomic E-state index is 10.0. The number of aldehydes is 1. The fraction of sp³-hybridized carbons (Fsp3) is 0.167. The van der Waals surface area contributed by atoms with E-state index < -0.39 is 0 Å². The van der Waals surface area contributed by atoms with Crippen LogP contribution in [0.25, 0.3) is 0 Å². The average molecular weight is 162 g/mol. The van der Waals surface area contributed by atoms with E-state index in [1.807, 2.05) is 0 Å². The smallest absolute Gasteiger partial charge is 0.185 e. The lowest BCUT2D eigenvalue weighted by Crippen LogP contribution is -1.92. The molecule has 0 amide bonds. The van der Waals surface area contributed by atoms with Crippen molar-refractivity contribution < 1.29 is 9.21 Å². The lowest BCUT2D eigenvalue weighted by molar-refractivity contribution is 0.109. The van der Waals surface area contributed by atoms with E-state index in [4.69, 9.17) is 10.2 Å². The highest BCUT2D eigenvalue weighted by atomic mass is 35.5. The minimum atomic E-state index is 0. The lowest BCUT2D eigenvalue weighted by atomic mass is 10.4. The summed E-state index contributed by atoms with van der Waals surface area (Å²) in [5, 5.41) is 0. The summed E-state index contributed by atoms with van der Waals surface area (Å²) in [7, 11) is 0. The van der Waals surface area contributed by atoms with Gasteiger partial charge in [-0.2, -0.15) is 0 Å². The monoisotopic (exact) mass is 161 g/mol. The summed E-state index contributed by atoms with van der Waals surface area (Å²) in [5.74, 6) is 0.965. The molecule has 0 aliphatic carbocycles. The second-order valence-corrected chi connectivity index (χ2v) is 1.63. The zero-order valence-corrected chi connectivity index (χ0v) is 6.06. The molecule has 0 saturated carbocycles. The minimum Gasteiger partial charge on any atom is -0.457 e. The summed E-state index contributed by atoms with van der Waals surface area (Å²) in [6.45, 7) is 0.341. The molecule has 3 nitrogen and oxygen atoms in total. The third-order valence-electron chi connectivity index (χ3n) is 1.000. The van der Waals surface area contributed by atoms with Gasteiger partial charge in [0.15, 0.2) is 12.0 Å². The molecule has 1 aromatic rings. The second kappa shape index (κ2) is 4.09. The zero-order valence-electron chi connectivity index (χ0n) is 5.24. The Labute approximate surface area is 64.6 Å². The Bertz CT molecular complexity index is 209. The molecule has 4 heteroatoms. The molecule has 1 heterocycles. The second-order valence-electron chi connectivity index (χ2n) is 1.63. The molecule has 1 rings (SSSR count). The predicted molar refractivity (Wildman–Crippen MR) is 39.2 cm³/mol. The fourth-order valence-corrected chi connectivity index (χ4v) is 0.568. The van der Waals surface area contributed by atoms with Crippen molar-refractivity contribution in [1.82, 2.24) is 0 Å². The Kier molecular flexibility index (Phi) is 3.76. The molecule has 0 aliphatic rings. The van der Waals surface area contributed by atoms with Crippen LogP contribution >= 0.6 is 12.4 Å². The van der Waals surface area contributed by atoms with Crippen molar-refractivity contribution in [3.8, 4) is 0 Å². The van der Waals surface area contributed by atoms with E-state index in [-0.39, 0.29) is 12.4 Å². The van der Waals surface area contributed by atoms with Crippen LogP contribution < -0.4 is 5.73 Å². The van der Waals surface area contributed by atoms with Crippen LogP contribution in [0.1, 0.15) is 16.3 Å². The Hall–Kier alpha value is -0.800. The SMILES string of the molecule is Cl.NCc1ccc(C=O)o1. The molecule has 0 bridgehead atoms. The summed E-state index contributed by atoms with van der Waals surface area (Å²) >= 11 is 0. The van der Waals surface area contributed by atoms with Gasteiger partial charge in [0.25, 0.3) is 0 Å². The molecule has 0 atom stereocenters. The molecule has 0 saturated heterocycles. The first-order valence-electron chi connectivity index (χ1n) is 2.61. The van der Waals surface area contributed by atoms with Crippen LogP contribution in [-0.2, 0) is 6.54 Å². The molecular formula is C6H8ClNO2. The molecule has 0 aromatic carbocycles. The van der Waals surface area contributed by atoms with Crippen LogP contribution in [0.15, 0.2) is 16.5 Å². The summed E-state index contributed by atoms with van der Waals surface area (Å²) in [6, 6.07) is 3.28. The Morgan fingerprint density at radius 1 is 1.60 bits per heavy atom. The molecule has 1 aromatic heterocycles. The average Bonchev–Trinajstić information content (AvgIpc) is 2.34. The van der Waals surface area contributed by atoms with Gasteiger partial charge in [-0.25, -0.2) is 0 Å². The van der Waals surface area contributed by atoms with Crippen LogP contribution in [0.2, 0.25) is 0 Å². The first kappa shape index (κ1) is 9.20. The van der Waals surface area contributed by atoms with Crippen molar-refractivity contribution >= 4 is 18.7 Å². The van der Waals surface area contributed by atoms with Crippen molar-refractivity contribution in [3.05, 3.63) is 23.7 Å². The Morgan fingerprint density at radius 3 is 2.60 bits per heavy atom. The van der Waals surface area contributed by atoms with Crippen molar-refractivity contribution in [2.45, 2.75) is 6.54 Å². The summed E-state index contributed by atoms with van der Waals surface area (Å²) < 4.78 is 4.89. The van der Waals surface area contributed by atoms with E-state index in [0.29, 0.717) is 24.4 Å². The minimum absolute atomic E-state index is 0. The largest absolute Gasteiger partial charge is 0.457 e. The third-order valence-corrected chi connectivity index (χ3v) is 1.000. The van der Waals surface area contributed by atoms with Crippen LogP contribution in [0.5, 0.6) is 0 Å².